The first-order chi connectivity index (χ1) is 13.8. The fraction of sp³-hybridized carbons (Fsp3) is 0.350. The van der Waals surface area contributed by atoms with Gasteiger partial charge < -0.3 is 10.2 Å². The van der Waals surface area contributed by atoms with Crippen molar-refractivity contribution in [3.63, 3.8) is 0 Å². The zero-order chi connectivity index (χ0) is 21.0. The predicted octanol–water partition coefficient (Wildman–Crippen LogP) is 4.53. The van der Waals surface area contributed by atoms with Gasteiger partial charge in [-0.25, -0.2) is 13.1 Å². The summed E-state index contributed by atoms with van der Waals surface area (Å²) in [6.07, 6.45) is 2.69. The topological polar surface area (TPSA) is 78.5 Å². The molecule has 0 aromatic heterocycles. The van der Waals surface area contributed by atoms with E-state index in [1.54, 1.807) is 30.3 Å². The van der Waals surface area contributed by atoms with Gasteiger partial charge in [0.05, 0.1) is 21.4 Å². The number of nitrogens with zero attached hydrogens (tertiary/aromatic N) is 1. The van der Waals surface area contributed by atoms with Crippen molar-refractivity contribution in [3.05, 3.63) is 52.0 Å². The highest BCUT2D eigenvalue weighted by molar-refractivity contribution is 7.89. The van der Waals surface area contributed by atoms with Crippen molar-refractivity contribution in [2.75, 3.05) is 29.9 Å². The second-order valence-electron chi connectivity index (χ2n) is 6.83. The van der Waals surface area contributed by atoms with E-state index in [-0.39, 0.29) is 15.5 Å². The Balaban J connectivity index is 1.96. The van der Waals surface area contributed by atoms with Crippen LogP contribution >= 0.6 is 23.2 Å². The molecule has 0 atom stereocenters. The Morgan fingerprint density at radius 3 is 2.55 bits per heavy atom. The first-order valence-electron chi connectivity index (χ1n) is 9.47. The van der Waals surface area contributed by atoms with Gasteiger partial charge in [0.1, 0.15) is 4.90 Å². The minimum atomic E-state index is -3.75. The second kappa shape index (κ2) is 9.34. The first-order valence-corrected chi connectivity index (χ1v) is 11.7. The molecule has 0 aliphatic carbocycles. The van der Waals surface area contributed by atoms with Crippen molar-refractivity contribution in [2.45, 2.75) is 31.1 Å². The van der Waals surface area contributed by atoms with Crippen molar-refractivity contribution in [2.24, 2.45) is 0 Å². The van der Waals surface area contributed by atoms with Crippen molar-refractivity contribution in [1.82, 2.24) is 4.72 Å². The Morgan fingerprint density at radius 1 is 1.14 bits per heavy atom. The quantitative estimate of drug-likeness (QED) is 0.642. The molecule has 29 heavy (non-hydrogen) atoms. The van der Waals surface area contributed by atoms with Gasteiger partial charge in [-0.3, -0.25) is 4.79 Å². The zero-order valence-electron chi connectivity index (χ0n) is 16.0. The lowest BCUT2D eigenvalue weighted by Gasteiger charge is -2.22. The van der Waals surface area contributed by atoms with Crippen molar-refractivity contribution >= 4 is 50.5 Å². The summed E-state index contributed by atoms with van der Waals surface area (Å²) in [5.41, 5.74) is 1.20. The van der Waals surface area contributed by atoms with Crippen LogP contribution in [0, 0.1) is 0 Å². The Bertz CT molecular complexity index is 1010. The number of sulfonamides is 1. The SMILES string of the molecule is CCCNS(=O)(=O)c1cc(C(=O)Nc2cccc(Cl)c2Cl)ccc1N1CCCC1. The number of nitrogens with one attached hydrogen (secondary N) is 2. The van der Waals surface area contributed by atoms with Crippen LogP contribution in [0.1, 0.15) is 36.5 Å². The molecule has 1 fully saturated rings. The molecular weight excluding hydrogens is 433 g/mol. The van der Waals surface area contributed by atoms with Crippen molar-refractivity contribution < 1.29 is 13.2 Å². The normalized spacial score (nSPS) is 14.2. The molecule has 0 unspecified atom stereocenters. The average Bonchev–Trinajstić information content (AvgIpc) is 3.24. The van der Waals surface area contributed by atoms with Crippen LogP contribution < -0.4 is 14.9 Å². The summed E-state index contributed by atoms with van der Waals surface area (Å²) in [5.74, 6) is -0.464. The number of amides is 1. The average molecular weight is 456 g/mol. The van der Waals surface area contributed by atoms with Gasteiger partial charge in [-0.15, -0.1) is 0 Å². The van der Waals surface area contributed by atoms with E-state index in [2.05, 4.69) is 10.0 Å². The van der Waals surface area contributed by atoms with E-state index < -0.39 is 15.9 Å². The smallest absolute Gasteiger partial charge is 0.255 e. The van der Waals surface area contributed by atoms with Gasteiger partial charge in [0.15, 0.2) is 0 Å². The molecule has 156 valence electrons. The van der Waals surface area contributed by atoms with Gasteiger partial charge >= 0.3 is 0 Å². The van der Waals surface area contributed by atoms with Crippen molar-refractivity contribution in [3.8, 4) is 0 Å². The number of hydrogen-bond acceptors (Lipinski definition) is 4. The molecule has 2 aromatic rings. The van der Waals surface area contributed by atoms with Crippen LogP contribution in [0.4, 0.5) is 11.4 Å². The summed E-state index contributed by atoms with van der Waals surface area (Å²) in [7, 11) is -3.75. The van der Waals surface area contributed by atoms with Gasteiger partial charge in [0.2, 0.25) is 10.0 Å². The number of carbonyl (C=O) groups excluding carboxylic acids is 1. The molecule has 0 bridgehead atoms. The summed E-state index contributed by atoms with van der Waals surface area (Å²) < 4.78 is 28.4. The molecule has 0 spiro atoms. The zero-order valence-corrected chi connectivity index (χ0v) is 18.4. The summed E-state index contributed by atoms with van der Waals surface area (Å²) in [6, 6.07) is 9.66. The number of anilines is 2. The molecule has 1 saturated heterocycles. The van der Waals surface area contributed by atoms with Crippen LogP contribution in [0.2, 0.25) is 10.0 Å². The molecule has 1 aliphatic rings. The van der Waals surface area contributed by atoms with Crippen LogP contribution in [0.3, 0.4) is 0 Å². The highest BCUT2D eigenvalue weighted by Crippen LogP contribution is 2.32. The summed E-state index contributed by atoms with van der Waals surface area (Å²) in [6.45, 7) is 3.80. The molecule has 9 heteroatoms. The van der Waals surface area contributed by atoms with Gasteiger partial charge in [0, 0.05) is 25.2 Å². The van der Waals surface area contributed by atoms with E-state index in [4.69, 9.17) is 23.2 Å². The number of rotatable bonds is 7. The minimum absolute atomic E-state index is 0.109. The van der Waals surface area contributed by atoms with E-state index in [9.17, 15) is 13.2 Å². The molecule has 2 N–H and O–H groups in total. The number of hydrogen-bond donors (Lipinski definition) is 2. The lowest BCUT2D eigenvalue weighted by molar-refractivity contribution is 0.102. The maximum absolute atomic E-state index is 12.9. The summed E-state index contributed by atoms with van der Waals surface area (Å²) in [5, 5.41) is 3.24. The molecule has 6 nitrogen and oxygen atoms in total. The van der Waals surface area contributed by atoms with E-state index in [1.165, 1.54) is 6.07 Å². The molecule has 0 radical (unpaired) electrons. The number of carbonyl (C=O) groups is 1. The number of benzene rings is 2. The van der Waals surface area contributed by atoms with Crippen LogP contribution in [0.15, 0.2) is 41.3 Å². The molecule has 1 aliphatic heterocycles. The Labute approximate surface area is 181 Å². The Kier molecular flexibility index (Phi) is 7.05. The third-order valence-corrected chi connectivity index (χ3v) is 7.01. The third-order valence-electron chi connectivity index (χ3n) is 4.70. The molecule has 1 heterocycles. The highest BCUT2D eigenvalue weighted by Gasteiger charge is 2.25. The van der Waals surface area contributed by atoms with E-state index >= 15 is 0 Å². The predicted molar refractivity (Wildman–Crippen MR) is 118 cm³/mol. The van der Waals surface area contributed by atoms with Crippen LogP contribution in [-0.4, -0.2) is 34.0 Å². The Morgan fingerprint density at radius 2 is 1.86 bits per heavy atom. The van der Waals surface area contributed by atoms with E-state index in [0.717, 1.165) is 25.9 Å². The Hall–Kier alpha value is -1.80. The maximum Gasteiger partial charge on any atom is 0.255 e. The highest BCUT2D eigenvalue weighted by atomic mass is 35.5. The van der Waals surface area contributed by atoms with E-state index in [1.807, 2.05) is 11.8 Å². The summed E-state index contributed by atoms with van der Waals surface area (Å²) in [4.78, 5) is 14.9. The van der Waals surface area contributed by atoms with Gasteiger partial charge in [-0.1, -0.05) is 36.2 Å². The number of halogens is 2. The standard InChI is InChI=1S/C20H23Cl2N3O3S/c1-2-10-23-29(27,28)18-13-14(8-9-17(18)25-11-3-4-12-25)20(26)24-16-7-5-6-15(21)19(16)22/h5-9,13,23H,2-4,10-12H2,1H3,(H,24,26). The fourth-order valence-corrected chi connectivity index (χ4v) is 4.93. The van der Waals surface area contributed by atoms with Gasteiger partial charge in [-0.05, 0) is 49.6 Å². The van der Waals surface area contributed by atoms with Crippen molar-refractivity contribution in [1.29, 1.82) is 0 Å². The van der Waals surface area contributed by atoms with Gasteiger partial charge in [-0.2, -0.15) is 0 Å². The lowest BCUT2D eigenvalue weighted by Crippen LogP contribution is -2.28. The molecular formula is C20H23Cl2N3O3S. The lowest BCUT2D eigenvalue weighted by atomic mass is 10.1. The monoisotopic (exact) mass is 455 g/mol. The van der Waals surface area contributed by atoms with Crippen LogP contribution in [0.25, 0.3) is 0 Å². The minimum Gasteiger partial charge on any atom is -0.370 e. The summed E-state index contributed by atoms with van der Waals surface area (Å²) >= 11 is 12.1. The molecule has 2 aromatic carbocycles. The third kappa shape index (κ3) is 5.04. The van der Waals surface area contributed by atoms with E-state index in [0.29, 0.717) is 29.4 Å². The molecule has 3 rings (SSSR count). The largest absolute Gasteiger partial charge is 0.370 e. The molecule has 0 saturated carbocycles. The van der Waals surface area contributed by atoms with Gasteiger partial charge in [0.25, 0.3) is 5.91 Å². The maximum atomic E-state index is 12.9. The van der Waals surface area contributed by atoms with Crippen LogP contribution in [0.5, 0.6) is 0 Å². The second-order valence-corrected chi connectivity index (χ2v) is 9.35. The fourth-order valence-electron chi connectivity index (χ4n) is 3.20. The van der Waals surface area contributed by atoms with Crippen LogP contribution in [-0.2, 0) is 10.0 Å². The molecule has 1 amide bonds. The first kappa shape index (κ1) is 21.9.